The molecule has 132 valence electrons. The third-order valence-electron chi connectivity index (χ3n) is 4.79. The van der Waals surface area contributed by atoms with Crippen LogP contribution in [-0.4, -0.2) is 59.8 Å². The van der Waals surface area contributed by atoms with E-state index >= 15 is 0 Å². The van der Waals surface area contributed by atoms with Gasteiger partial charge >= 0.3 is 5.97 Å². The summed E-state index contributed by atoms with van der Waals surface area (Å²) < 4.78 is 28.2. The zero-order chi connectivity index (χ0) is 17.0. The molecule has 0 aromatic carbocycles. The van der Waals surface area contributed by atoms with Crippen LogP contribution in [0.5, 0.6) is 0 Å². The van der Waals surface area contributed by atoms with Crippen molar-refractivity contribution in [1.29, 1.82) is 0 Å². The molecule has 0 amide bonds. The van der Waals surface area contributed by atoms with Gasteiger partial charge in [0.15, 0.2) is 11.6 Å². The maximum atomic E-state index is 11.9. The van der Waals surface area contributed by atoms with Crippen molar-refractivity contribution in [1.82, 2.24) is 0 Å². The topological polar surface area (TPSA) is 83.5 Å². The van der Waals surface area contributed by atoms with E-state index in [0.29, 0.717) is 6.61 Å². The first-order valence-corrected chi connectivity index (χ1v) is 8.14. The monoisotopic (exact) mass is 330 g/mol. The summed E-state index contributed by atoms with van der Waals surface area (Å²) in [5, 5.41) is 11.3. The van der Waals surface area contributed by atoms with Crippen LogP contribution in [0.2, 0.25) is 0 Å². The number of ether oxygens (including phenoxy) is 5. The second-order valence-electron chi connectivity index (χ2n) is 7.34. The largest absolute Gasteiger partial charge is 0.466 e. The van der Waals surface area contributed by atoms with Crippen molar-refractivity contribution in [3.05, 3.63) is 0 Å². The molecule has 0 radical (unpaired) electrons. The maximum absolute atomic E-state index is 11.9. The highest BCUT2D eigenvalue weighted by Crippen LogP contribution is 2.55. The number of hydrogen-bond acceptors (Lipinski definition) is 7. The van der Waals surface area contributed by atoms with Crippen molar-refractivity contribution in [3.8, 4) is 0 Å². The fourth-order valence-corrected chi connectivity index (χ4v) is 3.81. The van der Waals surface area contributed by atoms with E-state index in [0.717, 1.165) is 0 Å². The number of carbonyl (C=O) groups is 1. The minimum absolute atomic E-state index is 0.0607. The maximum Gasteiger partial charge on any atom is 0.306 e. The zero-order valence-corrected chi connectivity index (χ0v) is 14.3. The molecule has 2 saturated heterocycles. The van der Waals surface area contributed by atoms with E-state index in [-0.39, 0.29) is 25.1 Å². The minimum Gasteiger partial charge on any atom is -0.466 e. The summed E-state index contributed by atoms with van der Waals surface area (Å²) in [5.74, 6) is -2.38. The quantitative estimate of drug-likeness (QED) is 0.769. The average Bonchev–Trinajstić information content (AvgIpc) is 2.94. The van der Waals surface area contributed by atoms with E-state index < -0.39 is 35.3 Å². The van der Waals surface area contributed by atoms with Crippen LogP contribution >= 0.6 is 0 Å². The summed E-state index contributed by atoms with van der Waals surface area (Å²) >= 11 is 0. The second-order valence-corrected chi connectivity index (χ2v) is 7.34. The Hall–Kier alpha value is -0.730. The van der Waals surface area contributed by atoms with Gasteiger partial charge in [-0.3, -0.25) is 4.79 Å². The number of aliphatic hydroxyl groups is 1. The van der Waals surface area contributed by atoms with Crippen LogP contribution in [-0.2, 0) is 28.5 Å². The van der Waals surface area contributed by atoms with Gasteiger partial charge in [0.2, 0.25) is 0 Å². The Morgan fingerprint density at radius 2 is 1.87 bits per heavy atom. The van der Waals surface area contributed by atoms with Gasteiger partial charge in [0.25, 0.3) is 0 Å². The zero-order valence-electron chi connectivity index (χ0n) is 14.3. The molecule has 23 heavy (non-hydrogen) atoms. The van der Waals surface area contributed by atoms with Crippen molar-refractivity contribution in [2.24, 2.45) is 5.92 Å². The third-order valence-corrected chi connectivity index (χ3v) is 4.79. The highest BCUT2D eigenvalue weighted by molar-refractivity contribution is 5.70. The molecule has 0 bridgehead atoms. The lowest BCUT2D eigenvalue weighted by atomic mass is 9.60. The van der Waals surface area contributed by atoms with Gasteiger partial charge in [-0.25, -0.2) is 0 Å². The molecule has 2 heterocycles. The summed E-state index contributed by atoms with van der Waals surface area (Å²) in [7, 11) is 0. The lowest BCUT2D eigenvalue weighted by Gasteiger charge is -2.54. The average molecular weight is 330 g/mol. The van der Waals surface area contributed by atoms with Crippen molar-refractivity contribution in [2.45, 2.75) is 76.5 Å². The Morgan fingerprint density at radius 1 is 1.17 bits per heavy atom. The van der Waals surface area contributed by atoms with Gasteiger partial charge in [-0.15, -0.1) is 0 Å². The molecule has 0 aromatic rings. The molecule has 0 spiro atoms. The van der Waals surface area contributed by atoms with E-state index in [1.165, 1.54) is 0 Å². The molecule has 7 heteroatoms. The molecule has 2 aliphatic heterocycles. The molecule has 7 nitrogen and oxygen atoms in total. The van der Waals surface area contributed by atoms with Crippen LogP contribution in [0.3, 0.4) is 0 Å². The molecule has 5 atom stereocenters. The Balaban J connectivity index is 1.81. The smallest absolute Gasteiger partial charge is 0.306 e. The summed E-state index contributed by atoms with van der Waals surface area (Å²) in [4.78, 5) is 11.9. The lowest BCUT2D eigenvalue weighted by Crippen LogP contribution is -2.74. The first-order valence-electron chi connectivity index (χ1n) is 8.14. The van der Waals surface area contributed by atoms with E-state index in [9.17, 15) is 9.90 Å². The molecule has 1 N–H and O–H groups in total. The Kier molecular flexibility index (Phi) is 4.01. The van der Waals surface area contributed by atoms with Gasteiger partial charge in [0, 0.05) is 5.92 Å². The molecular weight excluding hydrogens is 304 g/mol. The van der Waals surface area contributed by atoms with E-state index in [1.807, 2.05) is 0 Å². The van der Waals surface area contributed by atoms with Crippen LogP contribution in [0.15, 0.2) is 0 Å². The number of fused-ring (bicyclic) bond motifs is 1. The molecule has 3 aliphatic rings. The van der Waals surface area contributed by atoms with Crippen molar-refractivity contribution in [3.63, 3.8) is 0 Å². The first kappa shape index (κ1) is 17.1. The predicted molar refractivity (Wildman–Crippen MR) is 78.4 cm³/mol. The Labute approximate surface area is 136 Å². The van der Waals surface area contributed by atoms with E-state index in [1.54, 1.807) is 34.6 Å². The van der Waals surface area contributed by atoms with Gasteiger partial charge in [0.1, 0.15) is 17.8 Å². The first-order chi connectivity index (χ1) is 10.6. The van der Waals surface area contributed by atoms with E-state index in [2.05, 4.69) is 0 Å². The van der Waals surface area contributed by atoms with Crippen LogP contribution in [0.25, 0.3) is 0 Å². The summed E-state index contributed by atoms with van der Waals surface area (Å²) in [6, 6.07) is 0. The van der Waals surface area contributed by atoms with E-state index in [4.69, 9.17) is 23.7 Å². The Morgan fingerprint density at radius 3 is 2.43 bits per heavy atom. The molecule has 1 saturated carbocycles. The predicted octanol–water partition coefficient (Wildman–Crippen LogP) is 0.972. The third kappa shape index (κ3) is 2.78. The number of rotatable bonds is 4. The van der Waals surface area contributed by atoms with Crippen LogP contribution in [0, 0.1) is 5.92 Å². The van der Waals surface area contributed by atoms with Gasteiger partial charge in [-0.2, -0.15) is 0 Å². The molecule has 3 rings (SSSR count). The van der Waals surface area contributed by atoms with Crippen molar-refractivity contribution < 1.29 is 33.6 Å². The molecule has 3 fully saturated rings. The van der Waals surface area contributed by atoms with Gasteiger partial charge in [0.05, 0.1) is 25.7 Å². The Bertz CT molecular complexity index is 483. The summed E-state index contributed by atoms with van der Waals surface area (Å²) in [6.45, 7) is 9.48. The van der Waals surface area contributed by atoms with Gasteiger partial charge < -0.3 is 28.8 Å². The molecular formula is C16H26O7. The van der Waals surface area contributed by atoms with Crippen LogP contribution < -0.4 is 0 Å². The second kappa shape index (κ2) is 5.39. The highest BCUT2D eigenvalue weighted by Gasteiger charge is 2.73. The van der Waals surface area contributed by atoms with Crippen LogP contribution in [0.4, 0.5) is 0 Å². The normalized spacial score (nSPS) is 43.7. The molecule has 0 aromatic heterocycles. The fraction of sp³-hybridized carbons (Fsp3) is 0.938. The SMILES string of the molecule is CCOC(=O)C[C@@H]1[C@@H]2OC(C)(C)O[C@@H]2[C@@]1(O)[C@H]1COC(C)(C)O1. The highest BCUT2D eigenvalue weighted by atomic mass is 16.8. The standard InChI is InChI=1S/C16H26O7/c1-6-19-11(17)7-9-12-13(23-15(4,5)22-12)16(9,18)10-8-20-14(2,3)21-10/h9-10,12-13,18H,6-8H2,1-5H3/t9-,10-,12+,13+,16+/m1/s1. The summed E-state index contributed by atoms with van der Waals surface area (Å²) in [5.41, 5.74) is -1.33. The summed E-state index contributed by atoms with van der Waals surface area (Å²) in [6.07, 6.45) is -1.41. The number of carbonyl (C=O) groups excluding carboxylic acids is 1. The van der Waals surface area contributed by atoms with Gasteiger partial charge in [-0.05, 0) is 34.6 Å². The fourth-order valence-electron chi connectivity index (χ4n) is 3.81. The number of hydrogen-bond donors (Lipinski definition) is 1. The minimum atomic E-state index is -1.33. The number of esters is 1. The van der Waals surface area contributed by atoms with Crippen molar-refractivity contribution >= 4 is 5.97 Å². The van der Waals surface area contributed by atoms with Gasteiger partial charge in [-0.1, -0.05) is 0 Å². The van der Waals surface area contributed by atoms with Crippen molar-refractivity contribution in [2.75, 3.05) is 13.2 Å². The molecule has 0 unspecified atom stereocenters. The molecule has 1 aliphatic carbocycles. The van der Waals surface area contributed by atoms with Crippen LogP contribution in [0.1, 0.15) is 41.0 Å². The lowest BCUT2D eigenvalue weighted by molar-refractivity contribution is -0.273.